The van der Waals surface area contributed by atoms with Crippen LogP contribution in [0.25, 0.3) is 10.1 Å². The van der Waals surface area contributed by atoms with Crippen molar-refractivity contribution in [2.45, 2.75) is 37.8 Å². The second-order valence-electron chi connectivity index (χ2n) is 6.65. The first kappa shape index (κ1) is 19.4. The van der Waals surface area contributed by atoms with Crippen molar-refractivity contribution in [1.29, 1.82) is 0 Å². The van der Waals surface area contributed by atoms with E-state index < -0.39 is 16.0 Å². The van der Waals surface area contributed by atoms with Gasteiger partial charge in [0.15, 0.2) is 0 Å². The molecule has 27 heavy (non-hydrogen) atoms. The number of anilines is 1. The average molecular weight is 404 g/mol. The number of carbonyl (C=O) groups excluding carboxylic acids is 1. The van der Waals surface area contributed by atoms with Crippen molar-refractivity contribution in [1.82, 2.24) is 0 Å². The van der Waals surface area contributed by atoms with Crippen molar-refractivity contribution in [2.24, 2.45) is 0 Å². The molecule has 3 aromatic rings. The Morgan fingerprint density at radius 3 is 2.56 bits per heavy atom. The van der Waals surface area contributed by atoms with Crippen LogP contribution in [0.5, 0.6) is 5.75 Å². The normalized spacial score (nSPS) is 11.7. The van der Waals surface area contributed by atoms with Crippen LogP contribution in [0, 0.1) is 6.92 Å². The molecule has 1 heterocycles. The topological polar surface area (TPSA) is 72.5 Å². The van der Waals surface area contributed by atoms with Gasteiger partial charge in [-0.3, -0.25) is 9.52 Å². The number of benzene rings is 2. The number of aryl methyl sites for hydroxylation is 1. The van der Waals surface area contributed by atoms with Crippen LogP contribution in [0.1, 0.15) is 37.8 Å². The van der Waals surface area contributed by atoms with Crippen molar-refractivity contribution in [2.75, 3.05) is 4.72 Å². The SMILES string of the molecule is CC(=O)Oc1cccc(NS(=O)(=O)c2sc3ccc(C(C)C)cc3c2C)c1. The number of sulfonamides is 1. The summed E-state index contributed by atoms with van der Waals surface area (Å²) in [6.45, 7) is 7.34. The lowest BCUT2D eigenvalue weighted by Gasteiger charge is -2.09. The minimum atomic E-state index is -3.76. The smallest absolute Gasteiger partial charge is 0.308 e. The summed E-state index contributed by atoms with van der Waals surface area (Å²) in [4.78, 5) is 11.1. The van der Waals surface area contributed by atoms with E-state index in [1.807, 2.05) is 19.1 Å². The highest BCUT2D eigenvalue weighted by molar-refractivity contribution is 7.94. The summed E-state index contributed by atoms with van der Waals surface area (Å²) in [7, 11) is -3.76. The summed E-state index contributed by atoms with van der Waals surface area (Å²) in [6, 6.07) is 12.4. The maximum absolute atomic E-state index is 12.9. The molecule has 0 saturated carbocycles. The lowest BCUT2D eigenvalue weighted by Crippen LogP contribution is -2.12. The van der Waals surface area contributed by atoms with E-state index in [1.54, 1.807) is 18.2 Å². The quantitative estimate of drug-likeness (QED) is 0.477. The highest BCUT2D eigenvalue weighted by Gasteiger charge is 2.22. The molecule has 3 rings (SSSR count). The van der Waals surface area contributed by atoms with E-state index in [1.165, 1.54) is 29.9 Å². The molecule has 0 aliphatic carbocycles. The molecule has 1 N–H and O–H groups in total. The van der Waals surface area contributed by atoms with Crippen molar-refractivity contribution < 1.29 is 17.9 Å². The minimum Gasteiger partial charge on any atom is -0.427 e. The zero-order chi connectivity index (χ0) is 19.8. The van der Waals surface area contributed by atoms with Gasteiger partial charge in [0, 0.05) is 17.7 Å². The molecule has 0 atom stereocenters. The molecular formula is C20H21NO4S2. The molecular weight excluding hydrogens is 382 g/mol. The van der Waals surface area contributed by atoms with Crippen molar-refractivity contribution in [3.05, 3.63) is 53.6 Å². The lowest BCUT2D eigenvalue weighted by atomic mass is 10.0. The van der Waals surface area contributed by atoms with E-state index in [9.17, 15) is 13.2 Å². The summed E-state index contributed by atoms with van der Waals surface area (Å²) in [5.41, 5.74) is 2.25. The summed E-state index contributed by atoms with van der Waals surface area (Å²) in [5.74, 6) is 0.199. The number of rotatable bonds is 5. The Morgan fingerprint density at radius 1 is 1.15 bits per heavy atom. The van der Waals surface area contributed by atoms with Gasteiger partial charge in [-0.25, -0.2) is 8.42 Å². The summed E-state index contributed by atoms with van der Waals surface area (Å²) < 4.78 is 34.7. The molecule has 7 heteroatoms. The molecule has 5 nitrogen and oxygen atoms in total. The Bertz CT molecular complexity index is 1110. The van der Waals surface area contributed by atoms with Crippen molar-refractivity contribution in [3.63, 3.8) is 0 Å². The van der Waals surface area contributed by atoms with Gasteiger partial charge in [0.05, 0.1) is 5.69 Å². The van der Waals surface area contributed by atoms with Gasteiger partial charge in [0.1, 0.15) is 9.96 Å². The van der Waals surface area contributed by atoms with Gasteiger partial charge in [-0.15, -0.1) is 11.3 Å². The standard InChI is InChI=1S/C20H21NO4S2/c1-12(2)15-8-9-19-18(10-15)13(3)20(26-19)27(23,24)21-16-6-5-7-17(11-16)25-14(4)22/h5-12,21H,1-4H3. The van der Waals surface area contributed by atoms with E-state index in [0.29, 0.717) is 11.6 Å². The zero-order valence-electron chi connectivity index (χ0n) is 15.6. The Hall–Kier alpha value is -2.38. The third-order valence-corrected chi connectivity index (χ3v) is 7.45. The first-order valence-corrected chi connectivity index (χ1v) is 10.8. The van der Waals surface area contributed by atoms with Crippen molar-refractivity contribution >= 4 is 43.1 Å². The molecule has 0 saturated heterocycles. The zero-order valence-corrected chi connectivity index (χ0v) is 17.2. The number of esters is 1. The predicted molar refractivity (Wildman–Crippen MR) is 109 cm³/mol. The molecule has 0 bridgehead atoms. The molecule has 0 amide bonds. The molecule has 0 radical (unpaired) electrons. The third-order valence-electron chi connectivity index (χ3n) is 4.18. The van der Waals surface area contributed by atoms with Crippen LogP contribution in [0.4, 0.5) is 5.69 Å². The van der Waals surface area contributed by atoms with Gasteiger partial charge in [-0.05, 0) is 53.6 Å². The highest BCUT2D eigenvalue weighted by Crippen LogP contribution is 2.36. The van der Waals surface area contributed by atoms with Gasteiger partial charge in [0.2, 0.25) is 0 Å². The molecule has 142 valence electrons. The van der Waals surface area contributed by atoms with Crippen LogP contribution in [0.15, 0.2) is 46.7 Å². The molecule has 0 unspecified atom stereocenters. The summed E-state index contributed by atoms with van der Waals surface area (Å²) in [5, 5.41) is 0.959. The number of hydrogen-bond acceptors (Lipinski definition) is 5. The number of carbonyl (C=O) groups is 1. The average Bonchev–Trinajstić information content (AvgIpc) is 2.91. The van der Waals surface area contributed by atoms with Gasteiger partial charge < -0.3 is 4.74 Å². The van der Waals surface area contributed by atoms with Crippen LogP contribution in [-0.4, -0.2) is 14.4 Å². The largest absolute Gasteiger partial charge is 0.427 e. The van der Waals surface area contributed by atoms with Crippen LogP contribution in [-0.2, 0) is 14.8 Å². The van der Waals surface area contributed by atoms with E-state index in [-0.39, 0.29) is 9.96 Å². The van der Waals surface area contributed by atoms with E-state index in [2.05, 4.69) is 24.6 Å². The minimum absolute atomic E-state index is 0.288. The fourth-order valence-corrected chi connectivity index (χ4v) is 5.62. The maximum atomic E-state index is 12.9. The number of nitrogens with one attached hydrogen (secondary N) is 1. The van der Waals surface area contributed by atoms with E-state index in [4.69, 9.17) is 4.74 Å². The first-order chi connectivity index (χ1) is 12.7. The van der Waals surface area contributed by atoms with Gasteiger partial charge >= 0.3 is 5.97 Å². The summed E-state index contributed by atoms with van der Waals surface area (Å²) in [6.07, 6.45) is 0. The second-order valence-corrected chi connectivity index (χ2v) is 9.58. The predicted octanol–water partition coefficient (Wildman–Crippen LogP) is 5.06. The molecule has 0 aliphatic heterocycles. The Labute approximate surface area is 163 Å². The van der Waals surface area contributed by atoms with Crippen LogP contribution in [0.2, 0.25) is 0 Å². The van der Waals surface area contributed by atoms with Crippen molar-refractivity contribution in [3.8, 4) is 5.75 Å². The molecule has 0 fully saturated rings. The molecule has 0 aliphatic rings. The fourth-order valence-electron chi connectivity index (χ4n) is 2.82. The number of ether oxygens (including phenoxy) is 1. The Balaban J connectivity index is 1.98. The fraction of sp³-hybridized carbons (Fsp3) is 0.250. The van der Waals surface area contributed by atoms with E-state index in [0.717, 1.165) is 15.6 Å². The maximum Gasteiger partial charge on any atom is 0.308 e. The third kappa shape index (κ3) is 4.14. The summed E-state index contributed by atoms with van der Waals surface area (Å²) >= 11 is 1.25. The second kappa shape index (κ2) is 7.32. The van der Waals surface area contributed by atoms with Crippen LogP contribution < -0.4 is 9.46 Å². The Morgan fingerprint density at radius 2 is 1.89 bits per heavy atom. The number of fused-ring (bicyclic) bond motifs is 1. The van der Waals surface area contributed by atoms with Gasteiger partial charge in [-0.2, -0.15) is 0 Å². The molecule has 2 aromatic carbocycles. The number of hydrogen-bond donors (Lipinski definition) is 1. The monoisotopic (exact) mass is 403 g/mol. The van der Waals surface area contributed by atoms with E-state index >= 15 is 0 Å². The van der Waals surface area contributed by atoms with Gasteiger partial charge in [-0.1, -0.05) is 26.0 Å². The first-order valence-electron chi connectivity index (χ1n) is 8.51. The van der Waals surface area contributed by atoms with Crippen LogP contribution >= 0.6 is 11.3 Å². The van der Waals surface area contributed by atoms with Gasteiger partial charge in [0.25, 0.3) is 10.0 Å². The lowest BCUT2D eigenvalue weighted by molar-refractivity contribution is -0.131. The molecule has 0 spiro atoms. The molecule has 1 aromatic heterocycles. The Kier molecular flexibility index (Phi) is 5.26. The van der Waals surface area contributed by atoms with Crippen LogP contribution in [0.3, 0.4) is 0 Å². The highest BCUT2D eigenvalue weighted by atomic mass is 32.2. The number of thiophene rings is 1.